The SMILES string of the molecule is Cc1nc(-c2cccc(C(F)(F)F)c2)nc(C)c1CCCN. The topological polar surface area (TPSA) is 51.8 Å². The van der Waals surface area contributed by atoms with Gasteiger partial charge in [-0.2, -0.15) is 13.2 Å². The van der Waals surface area contributed by atoms with E-state index in [1.807, 2.05) is 13.8 Å². The predicted octanol–water partition coefficient (Wildman–Crippen LogP) is 3.67. The summed E-state index contributed by atoms with van der Waals surface area (Å²) in [6, 6.07) is 5.07. The fraction of sp³-hybridized carbons (Fsp3) is 0.375. The van der Waals surface area contributed by atoms with E-state index < -0.39 is 11.7 Å². The zero-order valence-electron chi connectivity index (χ0n) is 12.5. The molecule has 2 rings (SSSR count). The normalized spacial score (nSPS) is 11.7. The van der Waals surface area contributed by atoms with Crippen molar-refractivity contribution < 1.29 is 13.2 Å². The van der Waals surface area contributed by atoms with E-state index in [-0.39, 0.29) is 0 Å². The number of nitrogens with zero attached hydrogens (tertiary/aromatic N) is 2. The maximum Gasteiger partial charge on any atom is 0.416 e. The maximum absolute atomic E-state index is 12.8. The van der Waals surface area contributed by atoms with Gasteiger partial charge in [-0.3, -0.25) is 0 Å². The van der Waals surface area contributed by atoms with Crippen LogP contribution >= 0.6 is 0 Å². The molecule has 1 aromatic heterocycles. The Labute approximate surface area is 127 Å². The number of aryl methyl sites for hydroxylation is 2. The molecule has 0 aliphatic carbocycles. The highest BCUT2D eigenvalue weighted by Crippen LogP contribution is 2.31. The van der Waals surface area contributed by atoms with Gasteiger partial charge >= 0.3 is 6.18 Å². The number of benzene rings is 1. The molecule has 118 valence electrons. The Bertz CT molecular complexity index is 643. The summed E-state index contributed by atoms with van der Waals surface area (Å²) < 4.78 is 38.4. The van der Waals surface area contributed by atoms with Crippen molar-refractivity contribution in [3.05, 3.63) is 46.8 Å². The largest absolute Gasteiger partial charge is 0.416 e. The second-order valence-electron chi connectivity index (χ2n) is 5.17. The van der Waals surface area contributed by atoms with Crippen molar-refractivity contribution in [2.45, 2.75) is 32.9 Å². The van der Waals surface area contributed by atoms with Crippen molar-refractivity contribution in [3.8, 4) is 11.4 Å². The highest BCUT2D eigenvalue weighted by molar-refractivity contribution is 5.57. The van der Waals surface area contributed by atoms with Gasteiger partial charge in [-0.05, 0) is 50.9 Å². The number of rotatable bonds is 4. The minimum Gasteiger partial charge on any atom is -0.330 e. The van der Waals surface area contributed by atoms with Crippen LogP contribution in [0.4, 0.5) is 13.2 Å². The van der Waals surface area contributed by atoms with Gasteiger partial charge in [0.1, 0.15) is 0 Å². The zero-order chi connectivity index (χ0) is 16.3. The highest BCUT2D eigenvalue weighted by atomic mass is 19.4. The summed E-state index contributed by atoms with van der Waals surface area (Å²) in [7, 11) is 0. The van der Waals surface area contributed by atoms with Crippen LogP contribution in [0, 0.1) is 13.8 Å². The lowest BCUT2D eigenvalue weighted by molar-refractivity contribution is -0.137. The quantitative estimate of drug-likeness (QED) is 0.937. The van der Waals surface area contributed by atoms with Crippen LogP contribution in [-0.4, -0.2) is 16.5 Å². The van der Waals surface area contributed by atoms with Crippen LogP contribution in [0.15, 0.2) is 24.3 Å². The smallest absolute Gasteiger partial charge is 0.330 e. The van der Waals surface area contributed by atoms with Gasteiger partial charge in [-0.15, -0.1) is 0 Å². The minimum absolute atomic E-state index is 0.317. The average Bonchev–Trinajstić information content (AvgIpc) is 2.45. The molecule has 0 fully saturated rings. The lowest BCUT2D eigenvalue weighted by Crippen LogP contribution is -2.07. The van der Waals surface area contributed by atoms with Crippen molar-refractivity contribution in [2.75, 3.05) is 6.54 Å². The fourth-order valence-corrected chi connectivity index (χ4v) is 2.34. The van der Waals surface area contributed by atoms with Gasteiger partial charge < -0.3 is 5.73 Å². The van der Waals surface area contributed by atoms with Crippen molar-refractivity contribution in [1.82, 2.24) is 9.97 Å². The van der Waals surface area contributed by atoms with Crippen LogP contribution in [-0.2, 0) is 12.6 Å². The summed E-state index contributed by atoms with van der Waals surface area (Å²) in [5.41, 5.74) is 7.76. The van der Waals surface area contributed by atoms with Crippen LogP contribution in [0.2, 0.25) is 0 Å². The summed E-state index contributed by atoms with van der Waals surface area (Å²) in [6.07, 6.45) is -2.77. The van der Waals surface area contributed by atoms with Crippen LogP contribution < -0.4 is 5.73 Å². The van der Waals surface area contributed by atoms with Crippen molar-refractivity contribution in [2.24, 2.45) is 5.73 Å². The molecular formula is C16H18F3N3. The van der Waals surface area contributed by atoms with Crippen molar-refractivity contribution >= 4 is 0 Å². The van der Waals surface area contributed by atoms with E-state index in [4.69, 9.17) is 5.73 Å². The predicted molar refractivity (Wildman–Crippen MR) is 79.3 cm³/mol. The second kappa shape index (κ2) is 6.44. The third kappa shape index (κ3) is 3.62. The van der Waals surface area contributed by atoms with Crippen molar-refractivity contribution in [3.63, 3.8) is 0 Å². The molecule has 2 aromatic rings. The van der Waals surface area contributed by atoms with Gasteiger partial charge in [0.25, 0.3) is 0 Å². The molecular weight excluding hydrogens is 291 g/mol. The lowest BCUT2D eigenvalue weighted by atomic mass is 10.1. The van der Waals surface area contributed by atoms with Crippen LogP contribution in [0.1, 0.15) is 28.9 Å². The standard InChI is InChI=1S/C16H18F3N3/c1-10-14(7-4-8-20)11(2)22-15(21-10)12-5-3-6-13(9-12)16(17,18)19/h3,5-6,9H,4,7-8,20H2,1-2H3. The fourth-order valence-electron chi connectivity index (χ4n) is 2.34. The first-order chi connectivity index (χ1) is 10.3. The van der Waals surface area contributed by atoms with Gasteiger partial charge in [0, 0.05) is 17.0 Å². The Hall–Kier alpha value is -1.95. The summed E-state index contributed by atoms with van der Waals surface area (Å²) in [4.78, 5) is 8.72. The number of halogens is 3. The average molecular weight is 309 g/mol. The molecule has 0 atom stereocenters. The maximum atomic E-state index is 12.8. The van der Waals surface area contributed by atoms with Gasteiger partial charge in [-0.25, -0.2) is 9.97 Å². The molecule has 22 heavy (non-hydrogen) atoms. The highest BCUT2D eigenvalue weighted by Gasteiger charge is 2.30. The number of hydrogen-bond donors (Lipinski definition) is 1. The van der Waals surface area contributed by atoms with Gasteiger partial charge in [0.05, 0.1) is 5.56 Å². The second-order valence-corrected chi connectivity index (χ2v) is 5.17. The summed E-state index contributed by atoms with van der Waals surface area (Å²) in [5, 5.41) is 0. The van der Waals surface area contributed by atoms with Gasteiger partial charge in [0.2, 0.25) is 0 Å². The van der Waals surface area contributed by atoms with Gasteiger partial charge in [-0.1, -0.05) is 12.1 Å². The third-order valence-corrected chi connectivity index (χ3v) is 3.50. The Balaban J connectivity index is 2.42. The molecule has 0 saturated heterocycles. The summed E-state index contributed by atoms with van der Waals surface area (Å²) >= 11 is 0. The number of nitrogens with two attached hydrogens (primary N) is 1. The van der Waals surface area contributed by atoms with Crippen LogP contribution in [0.25, 0.3) is 11.4 Å². The van der Waals surface area contributed by atoms with Gasteiger partial charge in [0.15, 0.2) is 5.82 Å². The van der Waals surface area contributed by atoms with E-state index >= 15 is 0 Å². The van der Waals surface area contributed by atoms with E-state index in [0.29, 0.717) is 17.9 Å². The summed E-state index contributed by atoms with van der Waals surface area (Å²) in [5.74, 6) is 0.317. The van der Waals surface area contributed by atoms with Crippen molar-refractivity contribution in [1.29, 1.82) is 0 Å². The van der Waals surface area contributed by atoms with E-state index in [9.17, 15) is 13.2 Å². The van der Waals surface area contributed by atoms with E-state index in [1.165, 1.54) is 6.07 Å². The van der Waals surface area contributed by atoms with E-state index in [2.05, 4.69) is 9.97 Å². The minimum atomic E-state index is -4.37. The molecule has 3 nitrogen and oxygen atoms in total. The Kier molecular flexibility index (Phi) is 4.81. The first-order valence-electron chi connectivity index (χ1n) is 7.04. The zero-order valence-corrected chi connectivity index (χ0v) is 12.5. The molecule has 0 bridgehead atoms. The molecule has 0 amide bonds. The molecule has 0 spiro atoms. The first-order valence-corrected chi connectivity index (χ1v) is 7.04. The monoisotopic (exact) mass is 309 g/mol. The Morgan fingerprint density at radius 2 is 1.73 bits per heavy atom. The van der Waals surface area contributed by atoms with Crippen LogP contribution in [0.5, 0.6) is 0 Å². The molecule has 0 saturated carbocycles. The van der Waals surface area contributed by atoms with Crippen LogP contribution in [0.3, 0.4) is 0 Å². The first kappa shape index (κ1) is 16.4. The molecule has 0 aliphatic heterocycles. The molecule has 1 heterocycles. The Morgan fingerprint density at radius 3 is 2.27 bits per heavy atom. The molecule has 0 aliphatic rings. The molecule has 0 radical (unpaired) electrons. The molecule has 0 unspecified atom stereocenters. The molecule has 1 aromatic carbocycles. The number of hydrogen-bond acceptors (Lipinski definition) is 3. The third-order valence-electron chi connectivity index (χ3n) is 3.50. The lowest BCUT2D eigenvalue weighted by Gasteiger charge is -2.12. The summed E-state index contributed by atoms with van der Waals surface area (Å²) in [6.45, 7) is 4.27. The van der Waals surface area contributed by atoms with E-state index in [1.54, 1.807) is 6.07 Å². The number of alkyl halides is 3. The Morgan fingerprint density at radius 1 is 1.09 bits per heavy atom. The number of aromatic nitrogens is 2. The van der Waals surface area contributed by atoms with E-state index in [0.717, 1.165) is 41.9 Å². The molecule has 2 N–H and O–H groups in total. The molecule has 6 heteroatoms.